The van der Waals surface area contributed by atoms with Crippen LogP contribution in [0.25, 0.3) is 0 Å². The van der Waals surface area contributed by atoms with Gasteiger partial charge >= 0.3 is 5.97 Å². The molecule has 0 spiro atoms. The topological polar surface area (TPSA) is 102 Å². The fourth-order valence-corrected chi connectivity index (χ4v) is 4.15. The van der Waals surface area contributed by atoms with E-state index in [2.05, 4.69) is 9.46 Å². The van der Waals surface area contributed by atoms with Crippen molar-refractivity contribution >= 4 is 33.3 Å². The van der Waals surface area contributed by atoms with Crippen LogP contribution in [0, 0.1) is 0 Å². The van der Waals surface area contributed by atoms with E-state index in [1.807, 2.05) is 13.8 Å². The molecule has 0 saturated carbocycles. The Morgan fingerprint density at radius 1 is 1.17 bits per heavy atom. The first-order chi connectivity index (χ1) is 13.5. The highest BCUT2D eigenvalue weighted by Gasteiger charge is 2.34. The van der Waals surface area contributed by atoms with Gasteiger partial charge in [-0.05, 0) is 50.2 Å². The Morgan fingerprint density at radius 3 is 2.55 bits per heavy atom. The number of benzene rings is 2. The van der Waals surface area contributed by atoms with Crippen molar-refractivity contribution in [1.82, 2.24) is 0 Å². The van der Waals surface area contributed by atoms with Crippen LogP contribution >= 0.6 is 0 Å². The highest BCUT2D eigenvalue weighted by Crippen LogP contribution is 2.38. The number of sulfonamides is 1. The molecule has 3 rings (SSSR count). The first-order valence-corrected chi connectivity index (χ1v) is 10.3. The van der Waals surface area contributed by atoms with E-state index in [4.69, 9.17) is 4.74 Å². The van der Waals surface area contributed by atoms with Crippen molar-refractivity contribution in [2.75, 3.05) is 23.3 Å². The Kier molecular flexibility index (Phi) is 5.27. The van der Waals surface area contributed by atoms with Crippen LogP contribution in [0.4, 0.5) is 11.4 Å². The van der Waals surface area contributed by atoms with Gasteiger partial charge in [0.2, 0.25) is 5.91 Å². The summed E-state index contributed by atoms with van der Waals surface area (Å²) < 4.78 is 38.7. The van der Waals surface area contributed by atoms with Crippen molar-refractivity contribution in [2.45, 2.75) is 31.3 Å². The van der Waals surface area contributed by atoms with Gasteiger partial charge in [0, 0.05) is 12.6 Å². The first kappa shape index (κ1) is 20.7. The fraction of sp³-hybridized carbons (Fsp3) is 0.300. The molecule has 0 aromatic heterocycles. The van der Waals surface area contributed by atoms with Gasteiger partial charge in [-0.25, -0.2) is 13.2 Å². The van der Waals surface area contributed by atoms with Gasteiger partial charge in [0.15, 0.2) is 0 Å². The maximum Gasteiger partial charge on any atom is 0.337 e. The molecule has 0 aliphatic carbocycles. The second kappa shape index (κ2) is 7.40. The van der Waals surface area contributed by atoms with Crippen molar-refractivity contribution in [1.29, 1.82) is 0 Å². The van der Waals surface area contributed by atoms with Crippen molar-refractivity contribution in [3.63, 3.8) is 0 Å². The maximum atomic E-state index is 12.9. The SMILES string of the molecule is COC(=O)c1cccc(NS(=O)(=O)c2ccc3c(c2)N(C(C)=O)CC(C)(C)O3)c1. The predicted molar refractivity (Wildman–Crippen MR) is 108 cm³/mol. The molecule has 0 radical (unpaired) electrons. The number of esters is 1. The van der Waals surface area contributed by atoms with Gasteiger partial charge in [0.25, 0.3) is 10.0 Å². The molecule has 1 heterocycles. The molecule has 0 bridgehead atoms. The number of hydrogen-bond acceptors (Lipinski definition) is 6. The number of anilines is 2. The highest BCUT2D eigenvalue weighted by molar-refractivity contribution is 7.92. The van der Waals surface area contributed by atoms with Crippen LogP contribution in [-0.4, -0.2) is 39.5 Å². The zero-order valence-corrected chi connectivity index (χ0v) is 17.4. The minimum atomic E-state index is -3.97. The Balaban J connectivity index is 1.96. The summed E-state index contributed by atoms with van der Waals surface area (Å²) in [4.78, 5) is 25.2. The molecule has 0 unspecified atom stereocenters. The van der Waals surface area contributed by atoms with Crippen LogP contribution in [0.1, 0.15) is 31.1 Å². The molecule has 0 fully saturated rings. The Morgan fingerprint density at radius 2 is 1.90 bits per heavy atom. The number of nitrogens with one attached hydrogen (secondary N) is 1. The van der Waals surface area contributed by atoms with Gasteiger partial charge in [-0.3, -0.25) is 9.52 Å². The molecule has 1 amide bonds. The molecular weight excluding hydrogens is 396 g/mol. The third-order valence-electron chi connectivity index (χ3n) is 4.37. The number of hydrogen-bond donors (Lipinski definition) is 1. The Bertz CT molecular complexity index is 1080. The Hall–Kier alpha value is -3.07. The number of carbonyl (C=O) groups excluding carboxylic acids is 2. The van der Waals surface area contributed by atoms with Crippen LogP contribution in [0.2, 0.25) is 0 Å². The molecule has 1 aliphatic rings. The summed E-state index contributed by atoms with van der Waals surface area (Å²) in [7, 11) is -2.72. The molecule has 1 N–H and O–H groups in total. The number of carbonyl (C=O) groups is 2. The predicted octanol–water partition coefficient (Wildman–Crippen LogP) is 2.80. The molecule has 8 nitrogen and oxygen atoms in total. The Labute approximate surface area is 169 Å². The summed E-state index contributed by atoms with van der Waals surface area (Å²) in [6, 6.07) is 10.3. The van der Waals surface area contributed by atoms with E-state index in [0.29, 0.717) is 18.0 Å². The number of ether oxygens (including phenoxy) is 2. The highest BCUT2D eigenvalue weighted by atomic mass is 32.2. The quantitative estimate of drug-likeness (QED) is 0.766. The lowest BCUT2D eigenvalue weighted by atomic mass is 10.1. The van der Waals surface area contributed by atoms with E-state index in [1.165, 1.54) is 55.3 Å². The van der Waals surface area contributed by atoms with E-state index >= 15 is 0 Å². The van der Waals surface area contributed by atoms with Gasteiger partial charge in [0.1, 0.15) is 11.4 Å². The molecule has 0 atom stereocenters. The van der Waals surface area contributed by atoms with Gasteiger partial charge in [0.05, 0.1) is 29.8 Å². The lowest BCUT2D eigenvalue weighted by molar-refractivity contribution is -0.117. The lowest BCUT2D eigenvalue weighted by Gasteiger charge is -2.39. The van der Waals surface area contributed by atoms with Crippen molar-refractivity contribution < 1.29 is 27.5 Å². The average molecular weight is 418 g/mol. The van der Waals surface area contributed by atoms with Crippen molar-refractivity contribution in [2.24, 2.45) is 0 Å². The van der Waals surface area contributed by atoms with Crippen LogP contribution in [0.15, 0.2) is 47.4 Å². The molecule has 154 valence electrons. The summed E-state index contributed by atoms with van der Waals surface area (Å²) in [5, 5.41) is 0. The van der Waals surface area contributed by atoms with E-state index < -0.39 is 21.6 Å². The van der Waals surface area contributed by atoms with E-state index in [9.17, 15) is 18.0 Å². The molecule has 1 aliphatic heterocycles. The third kappa shape index (κ3) is 4.34. The average Bonchev–Trinajstić information content (AvgIpc) is 2.65. The minimum absolute atomic E-state index is 0.0331. The van der Waals surface area contributed by atoms with E-state index in [-0.39, 0.29) is 22.1 Å². The number of fused-ring (bicyclic) bond motifs is 1. The molecule has 2 aromatic rings. The van der Waals surface area contributed by atoms with Gasteiger partial charge in [-0.2, -0.15) is 0 Å². The fourth-order valence-electron chi connectivity index (χ4n) is 3.08. The summed E-state index contributed by atoms with van der Waals surface area (Å²) in [6.07, 6.45) is 0. The third-order valence-corrected chi connectivity index (χ3v) is 5.75. The standard InChI is InChI=1S/C20H22N2O6S/c1-13(23)22-12-20(2,3)28-18-9-8-16(11-17(18)22)29(25,26)21-15-7-5-6-14(10-15)19(24)27-4/h5-11,21H,12H2,1-4H3. The zero-order chi connectivity index (χ0) is 21.4. The van der Waals surface area contributed by atoms with Gasteiger partial charge in [-0.1, -0.05) is 6.07 Å². The molecule has 29 heavy (non-hydrogen) atoms. The summed E-state index contributed by atoms with van der Waals surface area (Å²) >= 11 is 0. The maximum absolute atomic E-state index is 12.9. The summed E-state index contributed by atoms with van der Waals surface area (Å²) in [5.74, 6) is -0.351. The van der Waals surface area contributed by atoms with Gasteiger partial charge < -0.3 is 14.4 Å². The second-order valence-corrected chi connectivity index (χ2v) is 8.96. The van der Waals surface area contributed by atoms with Crippen molar-refractivity contribution in [3.8, 4) is 5.75 Å². The molecular formula is C20H22N2O6S. The zero-order valence-electron chi connectivity index (χ0n) is 16.6. The lowest BCUT2D eigenvalue weighted by Crippen LogP contribution is -2.48. The summed E-state index contributed by atoms with van der Waals surface area (Å²) in [5.41, 5.74) is 0.233. The van der Waals surface area contributed by atoms with Crippen molar-refractivity contribution in [3.05, 3.63) is 48.0 Å². The van der Waals surface area contributed by atoms with E-state index in [0.717, 1.165) is 0 Å². The minimum Gasteiger partial charge on any atom is -0.484 e. The number of methoxy groups -OCH3 is 1. The van der Waals surface area contributed by atoms with Crippen LogP contribution < -0.4 is 14.4 Å². The number of rotatable bonds is 4. The monoisotopic (exact) mass is 418 g/mol. The van der Waals surface area contributed by atoms with Crippen LogP contribution in [-0.2, 0) is 19.6 Å². The number of nitrogens with zero attached hydrogens (tertiary/aromatic N) is 1. The molecule has 0 saturated heterocycles. The largest absolute Gasteiger partial charge is 0.484 e. The summed E-state index contributed by atoms with van der Waals surface area (Å²) in [6.45, 7) is 5.43. The van der Waals surface area contributed by atoms with E-state index in [1.54, 1.807) is 6.07 Å². The smallest absolute Gasteiger partial charge is 0.337 e. The van der Waals surface area contributed by atoms with Crippen LogP contribution in [0.3, 0.4) is 0 Å². The first-order valence-electron chi connectivity index (χ1n) is 8.85. The van der Waals surface area contributed by atoms with Gasteiger partial charge in [-0.15, -0.1) is 0 Å². The molecule has 9 heteroatoms. The molecule has 2 aromatic carbocycles. The van der Waals surface area contributed by atoms with Crippen LogP contribution in [0.5, 0.6) is 5.75 Å². The second-order valence-electron chi connectivity index (χ2n) is 7.27. The normalized spacial score (nSPS) is 15.1. The number of amides is 1.